The van der Waals surface area contributed by atoms with Crippen molar-refractivity contribution in [1.82, 2.24) is 14.7 Å². The largest absolute Gasteiger partial charge is 0.337 e. The second kappa shape index (κ2) is 5.10. The maximum absolute atomic E-state index is 12.0. The van der Waals surface area contributed by atoms with Gasteiger partial charge < -0.3 is 10.6 Å². The number of amides is 1. The second-order valence-corrected chi connectivity index (χ2v) is 5.06. The summed E-state index contributed by atoms with van der Waals surface area (Å²) in [6.07, 6.45) is 5.23. The van der Waals surface area contributed by atoms with E-state index in [0.717, 1.165) is 30.5 Å². The van der Waals surface area contributed by atoms with E-state index in [2.05, 4.69) is 12.0 Å². The molecule has 2 unspecified atom stereocenters. The van der Waals surface area contributed by atoms with Crippen molar-refractivity contribution < 1.29 is 4.79 Å². The topological polar surface area (TPSA) is 64.2 Å². The van der Waals surface area contributed by atoms with Crippen molar-refractivity contribution in [2.75, 3.05) is 7.05 Å². The molecular weight excluding hydrogens is 228 g/mol. The molecular formula is C13H22N4O. The maximum atomic E-state index is 12.0. The van der Waals surface area contributed by atoms with E-state index in [9.17, 15) is 4.79 Å². The van der Waals surface area contributed by atoms with Crippen molar-refractivity contribution in [1.29, 1.82) is 0 Å². The zero-order valence-corrected chi connectivity index (χ0v) is 11.4. The zero-order valence-electron chi connectivity index (χ0n) is 11.4. The molecule has 1 saturated heterocycles. The highest BCUT2D eigenvalue weighted by Crippen LogP contribution is 2.30. The fraction of sp³-hybridized carbons (Fsp3) is 0.692. The minimum Gasteiger partial charge on any atom is -0.337 e. The van der Waals surface area contributed by atoms with Crippen LogP contribution in [0.4, 0.5) is 0 Å². The van der Waals surface area contributed by atoms with Crippen LogP contribution in [0.1, 0.15) is 43.5 Å². The van der Waals surface area contributed by atoms with Crippen molar-refractivity contribution in [2.24, 2.45) is 12.8 Å². The van der Waals surface area contributed by atoms with Crippen LogP contribution >= 0.6 is 0 Å². The summed E-state index contributed by atoms with van der Waals surface area (Å²) >= 11 is 0. The Morgan fingerprint density at radius 1 is 1.50 bits per heavy atom. The van der Waals surface area contributed by atoms with Crippen LogP contribution < -0.4 is 5.73 Å². The van der Waals surface area contributed by atoms with Crippen LogP contribution in [0, 0.1) is 0 Å². The number of aromatic nitrogens is 2. The number of likely N-dealkylation sites (N-methyl/N-ethyl adjacent to an activating group) is 1. The molecule has 5 nitrogen and oxygen atoms in total. The Morgan fingerprint density at radius 2 is 2.22 bits per heavy atom. The summed E-state index contributed by atoms with van der Waals surface area (Å²) < 4.78 is 1.81. The molecule has 1 amide bonds. The lowest BCUT2D eigenvalue weighted by molar-refractivity contribution is -0.131. The minimum atomic E-state index is -0.0383. The lowest BCUT2D eigenvalue weighted by atomic mass is 9.96. The standard InChI is InChI=1S/C13H22N4O/c1-4-11-9(8-16(2)15-11)13-10(14)6-5-7-12(18)17(13)3/h8,10,13H,4-7,14H2,1-3H3. The first kappa shape index (κ1) is 13.1. The highest BCUT2D eigenvalue weighted by atomic mass is 16.2. The predicted molar refractivity (Wildman–Crippen MR) is 69.9 cm³/mol. The second-order valence-electron chi connectivity index (χ2n) is 5.06. The molecule has 5 heteroatoms. The van der Waals surface area contributed by atoms with Gasteiger partial charge >= 0.3 is 0 Å². The van der Waals surface area contributed by atoms with E-state index >= 15 is 0 Å². The number of carbonyl (C=O) groups excluding carboxylic acids is 1. The summed E-state index contributed by atoms with van der Waals surface area (Å²) in [5.41, 5.74) is 8.41. The smallest absolute Gasteiger partial charge is 0.222 e. The van der Waals surface area contributed by atoms with E-state index in [1.807, 2.05) is 25.0 Å². The van der Waals surface area contributed by atoms with Gasteiger partial charge in [-0.3, -0.25) is 9.48 Å². The lowest BCUT2D eigenvalue weighted by Gasteiger charge is -2.30. The van der Waals surface area contributed by atoms with Gasteiger partial charge in [0.2, 0.25) is 5.91 Å². The summed E-state index contributed by atoms with van der Waals surface area (Å²) in [6.45, 7) is 2.08. The highest BCUT2D eigenvalue weighted by Gasteiger charge is 2.32. The number of hydrogen-bond donors (Lipinski definition) is 1. The van der Waals surface area contributed by atoms with E-state index in [0.29, 0.717) is 6.42 Å². The number of aryl methyl sites for hydroxylation is 2. The van der Waals surface area contributed by atoms with Crippen LogP contribution in [0.2, 0.25) is 0 Å². The molecule has 2 N–H and O–H groups in total. The lowest BCUT2D eigenvalue weighted by Crippen LogP contribution is -2.40. The molecule has 2 heterocycles. The third kappa shape index (κ3) is 2.27. The fourth-order valence-electron chi connectivity index (χ4n) is 2.78. The summed E-state index contributed by atoms with van der Waals surface area (Å²) in [5, 5.41) is 4.45. The van der Waals surface area contributed by atoms with Crippen molar-refractivity contribution in [3.05, 3.63) is 17.5 Å². The molecule has 100 valence electrons. The van der Waals surface area contributed by atoms with Crippen molar-refractivity contribution >= 4 is 5.91 Å². The van der Waals surface area contributed by atoms with E-state index in [4.69, 9.17) is 5.73 Å². The summed E-state index contributed by atoms with van der Waals surface area (Å²) in [4.78, 5) is 13.8. The zero-order chi connectivity index (χ0) is 13.3. The molecule has 1 aliphatic rings. The third-order valence-corrected chi connectivity index (χ3v) is 3.74. The predicted octanol–water partition coefficient (Wildman–Crippen LogP) is 0.993. The first-order valence-electron chi connectivity index (χ1n) is 6.58. The fourth-order valence-corrected chi connectivity index (χ4v) is 2.78. The quantitative estimate of drug-likeness (QED) is 0.851. The molecule has 2 rings (SSSR count). The molecule has 0 bridgehead atoms. The van der Waals surface area contributed by atoms with Crippen LogP contribution in [0.15, 0.2) is 6.20 Å². The number of carbonyl (C=O) groups is 1. The normalized spacial score (nSPS) is 25.3. The van der Waals surface area contributed by atoms with Gasteiger partial charge in [0, 0.05) is 38.3 Å². The number of likely N-dealkylation sites (tertiary alicyclic amines) is 1. The molecule has 1 aliphatic heterocycles. The third-order valence-electron chi connectivity index (χ3n) is 3.74. The van der Waals surface area contributed by atoms with Gasteiger partial charge in [0.15, 0.2) is 0 Å². The van der Waals surface area contributed by atoms with Crippen LogP contribution in [-0.4, -0.2) is 33.7 Å². The molecule has 18 heavy (non-hydrogen) atoms. The Hall–Kier alpha value is -1.36. The van der Waals surface area contributed by atoms with Gasteiger partial charge in [-0.15, -0.1) is 0 Å². The molecule has 0 aromatic carbocycles. The van der Waals surface area contributed by atoms with Crippen molar-refractivity contribution in [3.63, 3.8) is 0 Å². The van der Waals surface area contributed by atoms with Gasteiger partial charge in [-0.1, -0.05) is 6.92 Å². The average Bonchev–Trinajstić information content (AvgIpc) is 2.64. The van der Waals surface area contributed by atoms with Crippen LogP contribution in [0.25, 0.3) is 0 Å². The summed E-state index contributed by atoms with van der Waals surface area (Å²) in [5.74, 6) is 0.179. The van der Waals surface area contributed by atoms with Gasteiger partial charge in [-0.2, -0.15) is 5.10 Å². The number of hydrogen-bond acceptors (Lipinski definition) is 3. The Labute approximate surface area is 108 Å². The van der Waals surface area contributed by atoms with Gasteiger partial charge in [0.1, 0.15) is 0 Å². The van der Waals surface area contributed by atoms with Crippen molar-refractivity contribution in [2.45, 2.75) is 44.7 Å². The Balaban J connectivity index is 2.40. The maximum Gasteiger partial charge on any atom is 0.222 e. The average molecular weight is 250 g/mol. The van der Waals surface area contributed by atoms with Crippen LogP contribution in [0.5, 0.6) is 0 Å². The summed E-state index contributed by atoms with van der Waals surface area (Å²) in [6, 6.07) is -0.0420. The monoisotopic (exact) mass is 250 g/mol. The molecule has 0 radical (unpaired) electrons. The number of rotatable bonds is 2. The molecule has 1 aromatic heterocycles. The van der Waals surface area contributed by atoms with Crippen molar-refractivity contribution in [3.8, 4) is 0 Å². The van der Waals surface area contributed by atoms with Gasteiger partial charge in [-0.25, -0.2) is 0 Å². The molecule has 1 aromatic rings. The Morgan fingerprint density at radius 3 is 2.89 bits per heavy atom. The first-order valence-corrected chi connectivity index (χ1v) is 6.58. The van der Waals surface area contributed by atoms with E-state index in [1.165, 1.54) is 0 Å². The van der Waals surface area contributed by atoms with E-state index in [-0.39, 0.29) is 18.0 Å². The van der Waals surface area contributed by atoms with E-state index in [1.54, 1.807) is 4.90 Å². The minimum absolute atomic E-state index is 0.00375. The summed E-state index contributed by atoms with van der Waals surface area (Å²) in [7, 11) is 3.76. The molecule has 0 saturated carbocycles. The van der Waals surface area contributed by atoms with Crippen LogP contribution in [-0.2, 0) is 18.3 Å². The SMILES string of the molecule is CCc1nn(C)cc1C1C(N)CCCC(=O)N1C. The molecule has 0 aliphatic carbocycles. The van der Waals surface area contributed by atoms with Gasteiger partial charge in [0.05, 0.1) is 11.7 Å². The van der Waals surface area contributed by atoms with Crippen LogP contribution in [0.3, 0.4) is 0 Å². The highest BCUT2D eigenvalue weighted by molar-refractivity contribution is 5.76. The molecule has 1 fully saturated rings. The number of nitrogens with two attached hydrogens (primary N) is 1. The Kier molecular flexibility index (Phi) is 3.71. The van der Waals surface area contributed by atoms with Gasteiger partial charge in [0.25, 0.3) is 0 Å². The molecule has 0 spiro atoms. The molecule has 2 atom stereocenters. The first-order chi connectivity index (χ1) is 8.54. The number of nitrogens with zero attached hydrogens (tertiary/aromatic N) is 3. The van der Waals surface area contributed by atoms with E-state index < -0.39 is 0 Å². The Bertz CT molecular complexity index is 440. The van der Waals surface area contributed by atoms with Gasteiger partial charge in [-0.05, 0) is 19.3 Å².